The first-order chi connectivity index (χ1) is 17.9. The lowest BCUT2D eigenvalue weighted by atomic mass is 9.86. The molecule has 2 aromatic rings. The summed E-state index contributed by atoms with van der Waals surface area (Å²) in [5, 5.41) is 0. The summed E-state index contributed by atoms with van der Waals surface area (Å²) in [6, 6.07) is 10.1. The topological polar surface area (TPSA) is 164 Å². The van der Waals surface area contributed by atoms with Crippen LogP contribution in [0.5, 0.6) is 23.0 Å². The summed E-state index contributed by atoms with van der Waals surface area (Å²) < 4.78 is 30.3. The van der Waals surface area contributed by atoms with Gasteiger partial charge >= 0.3 is 8.46 Å². The van der Waals surface area contributed by atoms with Crippen LogP contribution in [-0.2, 0) is 4.57 Å². The van der Waals surface area contributed by atoms with Gasteiger partial charge in [-0.15, -0.1) is 0 Å². The van der Waals surface area contributed by atoms with Gasteiger partial charge in [0.15, 0.2) is 0 Å². The van der Waals surface area contributed by atoms with Gasteiger partial charge in [-0.1, -0.05) is 44.4 Å². The number of rotatable bonds is 9. The molecule has 0 fully saturated rings. The maximum atomic E-state index is 11.4. The van der Waals surface area contributed by atoms with E-state index in [-0.39, 0.29) is 8.46 Å². The van der Waals surface area contributed by atoms with E-state index < -0.39 is 11.8 Å². The van der Waals surface area contributed by atoms with E-state index in [1.807, 2.05) is 10.9 Å². The van der Waals surface area contributed by atoms with Crippen molar-refractivity contribution in [3.8, 4) is 23.0 Å². The molecule has 12 heteroatoms. The number of ether oxygens (including phenoxy) is 4. The van der Waals surface area contributed by atoms with Crippen molar-refractivity contribution in [3.63, 3.8) is 0 Å². The number of carbonyl (C=O) groups excluding carboxylic acids is 2. The Labute approximate surface area is 226 Å². The Morgan fingerprint density at radius 3 is 1.32 bits per heavy atom. The number of nitrogens with one attached hydrogen (secondary N) is 2. The zero-order valence-corrected chi connectivity index (χ0v) is 24.5. The molecule has 0 saturated carbocycles. The monoisotopic (exact) mass is 553 g/mol. The zero-order chi connectivity index (χ0) is 29.3. The van der Waals surface area contributed by atoms with E-state index in [0.717, 1.165) is 6.16 Å². The molecule has 2 atom stereocenters. The number of hydrogen-bond donors (Lipinski definition) is 4. The predicted molar refractivity (Wildman–Crippen MR) is 150 cm³/mol. The van der Waals surface area contributed by atoms with Gasteiger partial charge in [0.25, 0.3) is 11.8 Å². The Hall–Kier alpha value is -3.40. The summed E-state index contributed by atoms with van der Waals surface area (Å²) in [5.74, 6) is 11.5. The van der Waals surface area contributed by atoms with Crippen LogP contribution in [0.3, 0.4) is 0 Å². The van der Waals surface area contributed by atoms with Crippen molar-refractivity contribution in [1.29, 1.82) is 0 Å². The van der Waals surface area contributed by atoms with Crippen molar-refractivity contribution in [2.45, 2.75) is 34.1 Å². The van der Waals surface area contributed by atoms with E-state index in [1.54, 1.807) is 36.4 Å². The molecule has 38 heavy (non-hydrogen) atoms. The van der Waals surface area contributed by atoms with Gasteiger partial charge in [-0.3, -0.25) is 20.4 Å². The summed E-state index contributed by atoms with van der Waals surface area (Å²) in [5.41, 5.74) is 5.03. The first-order valence-corrected chi connectivity index (χ1v) is 12.8. The summed E-state index contributed by atoms with van der Waals surface area (Å²) in [4.78, 5) is 22.8. The van der Waals surface area contributed by atoms with Crippen LogP contribution in [0.2, 0.25) is 0 Å². The third kappa shape index (κ3) is 11.8. The summed E-state index contributed by atoms with van der Waals surface area (Å²) in [6.07, 6.45) is 2.03. The van der Waals surface area contributed by atoms with Crippen LogP contribution < -0.4 is 41.5 Å². The lowest BCUT2D eigenvalue weighted by Gasteiger charge is -2.20. The van der Waals surface area contributed by atoms with Gasteiger partial charge in [-0.05, 0) is 36.1 Å². The number of hydrazine groups is 2. The molecule has 2 rings (SSSR count). The van der Waals surface area contributed by atoms with Crippen LogP contribution in [0.25, 0.3) is 0 Å². The Bertz CT molecular complexity index is 917. The van der Waals surface area contributed by atoms with Crippen LogP contribution in [-0.4, -0.2) is 46.4 Å². The minimum absolute atomic E-state index is 0.126. The molecule has 0 radical (unpaired) electrons. The smallest absolute Gasteiger partial charge is 0.325 e. The average molecular weight is 554 g/mol. The largest absolute Gasteiger partial charge is 0.496 e. The second-order valence-electron chi connectivity index (χ2n) is 9.24. The van der Waals surface area contributed by atoms with E-state index in [0.29, 0.717) is 45.5 Å². The normalized spacial score (nSPS) is 11.0. The van der Waals surface area contributed by atoms with Crippen molar-refractivity contribution in [3.05, 3.63) is 47.5 Å². The first-order valence-electron chi connectivity index (χ1n) is 11.7. The lowest BCUT2D eigenvalue weighted by Crippen LogP contribution is -2.30. The molecule has 2 unspecified atom stereocenters. The molecule has 0 spiro atoms. The fourth-order valence-electron chi connectivity index (χ4n) is 3.55. The third-order valence-electron chi connectivity index (χ3n) is 4.96. The molecule has 11 nitrogen and oxygen atoms in total. The van der Waals surface area contributed by atoms with Crippen molar-refractivity contribution in [1.82, 2.24) is 10.9 Å². The standard InChI is InChI=1S/2C9H12N2O3.C8H17OP/c2*1-13-6-4-3-5-7(14-2)8(6)9(12)11-10;1-7(6-10-9)5-8(2,3)4/h2*3-5H,10H2,1-2H3,(H,11,12);7H,5-6H2,1-4H3/p+1. The highest BCUT2D eigenvalue weighted by molar-refractivity contribution is 7.23. The van der Waals surface area contributed by atoms with Crippen molar-refractivity contribution < 1.29 is 33.1 Å². The number of nitrogen functional groups attached to an aromatic ring is 2. The van der Waals surface area contributed by atoms with E-state index in [4.69, 9.17) is 30.6 Å². The quantitative estimate of drug-likeness (QED) is 0.157. The van der Waals surface area contributed by atoms with Crippen LogP contribution >= 0.6 is 8.46 Å². The van der Waals surface area contributed by atoms with Gasteiger partial charge in [0, 0.05) is 5.92 Å². The number of nitrogens with two attached hydrogens (primary N) is 2. The van der Waals surface area contributed by atoms with E-state index in [1.165, 1.54) is 34.9 Å². The maximum Gasteiger partial charge on any atom is 0.325 e. The Balaban J connectivity index is 0.000000551. The SMILES string of the molecule is CC(C[PH+]=O)CC(C)(C)C.COc1cccc(OC)c1C(=O)NN.COc1cccc(OC)c1C(=O)NN. The van der Waals surface area contributed by atoms with Crippen LogP contribution in [0.1, 0.15) is 54.8 Å². The first kappa shape index (κ1) is 34.6. The van der Waals surface area contributed by atoms with E-state index in [2.05, 4.69) is 27.7 Å². The molecule has 0 aliphatic heterocycles. The fraction of sp³-hybridized carbons (Fsp3) is 0.462. The minimum Gasteiger partial charge on any atom is -0.496 e. The van der Waals surface area contributed by atoms with Gasteiger partial charge in [0.05, 0.1) is 28.4 Å². The Morgan fingerprint density at radius 1 is 0.789 bits per heavy atom. The second kappa shape index (κ2) is 18.0. The molecule has 0 aromatic heterocycles. The molecule has 0 saturated heterocycles. The van der Waals surface area contributed by atoms with Crippen molar-refractivity contribution in [2.24, 2.45) is 23.0 Å². The van der Waals surface area contributed by atoms with Crippen LogP contribution in [0.15, 0.2) is 36.4 Å². The van der Waals surface area contributed by atoms with Gasteiger partial charge in [0.2, 0.25) is 0 Å². The number of amides is 2. The fourth-order valence-corrected chi connectivity index (χ4v) is 3.98. The third-order valence-corrected chi connectivity index (χ3v) is 5.83. The summed E-state index contributed by atoms with van der Waals surface area (Å²) >= 11 is 0. The molecule has 0 heterocycles. The van der Waals surface area contributed by atoms with Gasteiger partial charge in [0.1, 0.15) is 40.3 Å². The molecule has 0 bridgehead atoms. The highest BCUT2D eigenvalue weighted by Gasteiger charge is 2.18. The molecule has 2 amide bonds. The van der Waals surface area contributed by atoms with E-state index >= 15 is 0 Å². The number of hydrogen-bond acceptors (Lipinski definition) is 9. The number of methoxy groups -OCH3 is 4. The molecular formula is C26H42N4O7P+. The Kier molecular flexibility index (Phi) is 16.3. The highest BCUT2D eigenvalue weighted by atomic mass is 31.1. The molecule has 2 aromatic carbocycles. The molecule has 0 aliphatic carbocycles. The van der Waals surface area contributed by atoms with Crippen LogP contribution in [0, 0.1) is 11.3 Å². The zero-order valence-electron chi connectivity index (χ0n) is 23.5. The van der Waals surface area contributed by atoms with E-state index in [9.17, 15) is 14.2 Å². The summed E-state index contributed by atoms with van der Waals surface area (Å²) in [6.45, 7) is 8.82. The van der Waals surface area contributed by atoms with Gasteiger partial charge in [-0.2, -0.15) is 0 Å². The minimum atomic E-state index is -0.445. The number of carbonyl (C=O) groups is 2. The molecule has 212 valence electrons. The lowest BCUT2D eigenvalue weighted by molar-refractivity contribution is 0.0939. The molecule has 6 N–H and O–H groups in total. The van der Waals surface area contributed by atoms with Gasteiger partial charge < -0.3 is 18.9 Å². The second-order valence-corrected chi connectivity index (χ2v) is 9.94. The van der Waals surface area contributed by atoms with Crippen molar-refractivity contribution >= 4 is 20.3 Å². The van der Waals surface area contributed by atoms with Crippen LogP contribution in [0.4, 0.5) is 0 Å². The predicted octanol–water partition coefficient (Wildman–Crippen LogP) is 3.70. The molecular weight excluding hydrogens is 511 g/mol. The number of benzene rings is 2. The van der Waals surface area contributed by atoms with Crippen molar-refractivity contribution in [2.75, 3.05) is 34.6 Å². The molecule has 0 aliphatic rings. The summed E-state index contributed by atoms with van der Waals surface area (Å²) in [7, 11) is 5.77. The average Bonchev–Trinajstić information content (AvgIpc) is 2.90. The van der Waals surface area contributed by atoms with Gasteiger partial charge in [-0.25, -0.2) is 11.7 Å². The highest BCUT2D eigenvalue weighted by Crippen LogP contribution is 2.28. The Morgan fingerprint density at radius 2 is 1.11 bits per heavy atom. The maximum absolute atomic E-state index is 11.4.